The Bertz CT molecular complexity index is 76.9. The summed E-state index contributed by atoms with van der Waals surface area (Å²) < 4.78 is 0. The minimum atomic E-state index is 0.564. The molecule has 0 N–H and O–H groups in total. The van der Waals surface area contributed by atoms with E-state index in [-0.39, 0.29) is 0 Å². The van der Waals surface area contributed by atoms with Crippen LogP contribution in [0.5, 0.6) is 0 Å². The third-order valence-electron chi connectivity index (χ3n) is 1.24. The van der Waals surface area contributed by atoms with Crippen LogP contribution < -0.4 is 0 Å². The largest absolute Gasteiger partial charge is 0.157 e. The summed E-state index contributed by atoms with van der Waals surface area (Å²) in [6.45, 7) is 6.93. The predicted octanol–water partition coefficient (Wildman–Crippen LogP) is 2.54. The van der Waals surface area contributed by atoms with Crippen LogP contribution in [0.3, 0.4) is 0 Å². The van der Waals surface area contributed by atoms with Gasteiger partial charge in [-0.25, -0.2) is 0 Å². The van der Waals surface area contributed by atoms with Crippen molar-refractivity contribution < 1.29 is 0 Å². The molecular weight excluding hydrogens is 116 g/mol. The standard InChI is InChI=1S/C7H14S/c1-7(2,3)4-6-5-8-6/h6H,4-5H2,1-3H3. The van der Waals surface area contributed by atoms with E-state index in [1.54, 1.807) is 0 Å². The molecule has 1 saturated heterocycles. The van der Waals surface area contributed by atoms with Crippen LogP contribution in [0, 0.1) is 5.41 Å². The zero-order valence-corrected chi connectivity index (χ0v) is 6.72. The maximum atomic E-state index is 2.31. The van der Waals surface area contributed by atoms with Crippen LogP contribution in [-0.2, 0) is 0 Å². The van der Waals surface area contributed by atoms with Crippen molar-refractivity contribution >= 4 is 11.8 Å². The summed E-state index contributed by atoms with van der Waals surface area (Å²) in [5.74, 6) is 1.41. The average Bonchev–Trinajstić information content (AvgIpc) is 2.12. The first-order valence-electron chi connectivity index (χ1n) is 3.19. The molecule has 0 spiro atoms. The van der Waals surface area contributed by atoms with E-state index in [1.807, 2.05) is 0 Å². The highest BCUT2D eigenvalue weighted by atomic mass is 32.2. The summed E-state index contributed by atoms with van der Waals surface area (Å²) in [4.78, 5) is 0. The topological polar surface area (TPSA) is 0 Å². The summed E-state index contributed by atoms with van der Waals surface area (Å²) in [5.41, 5.74) is 0.564. The van der Waals surface area contributed by atoms with Crippen LogP contribution in [0.2, 0.25) is 0 Å². The maximum Gasteiger partial charge on any atom is 0.0143 e. The smallest absolute Gasteiger partial charge is 0.0143 e. The van der Waals surface area contributed by atoms with E-state index in [4.69, 9.17) is 0 Å². The van der Waals surface area contributed by atoms with Gasteiger partial charge in [0.2, 0.25) is 0 Å². The van der Waals surface area contributed by atoms with Crippen LogP contribution in [0.4, 0.5) is 0 Å². The van der Waals surface area contributed by atoms with Gasteiger partial charge in [0.25, 0.3) is 0 Å². The molecule has 48 valence electrons. The first-order valence-corrected chi connectivity index (χ1v) is 4.24. The van der Waals surface area contributed by atoms with Gasteiger partial charge < -0.3 is 0 Å². The Morgan fingerprint density at radius 3 is 2.12 bits per heavy atom. The fourth-order valence-corrected chi connectivity index (χ4v) is 1.74. The Kier molecular flexibility index (Phi) is 1.57. The van der Waals surface area contributed by atoms with Crippen LogP contribution in [0.1, 0.15) is 27.2 Å². The van der Waals surface area contributed by atoms with E-state index in [0.717, 1.165) is 5.25 Å². The molecule has 0 aromatic rings. The molecule has 0 saturated carbocycles. The zero-order chi connectivity index (χ0) is 6.20. The fourth-order valence-electron chi connectivity index (χ4n) is 0.869. The molecule has 0 aliphatic carbocycles. The van der Waals surface area contributed by atoms with Crippen LogP contribution in [0.15, 0.2) is 0 Å². The second-order valence-electron chi connectivity index (χ2n) is 3.72. The van der Waals surface area contributed by atoms with Gasteiger partial charge in [-0.1, -0.05) is 20.8 Å². The Hall–Kier alpha value is 0.350. The van der Waals surface area contributed by atoms with Gasteiger partial charge in [0.15, 0.2) is 0 Å². The van der Waals surface area contributed by atoms with Gasteiger partial charge >= 0.3 is 0 Å². The fraction of sp³-hybridized carbons (Fsp3) is 1.00. The molecule has 0 radical (unpaired) electrons. The van der Waals surface area contributed by atoms with Crippen LogP contribution in [0.25, 0.3) is 0 Å². The number of hydrogen-bond donors (Lipinski definition) is 0. The van der Waals surface area contributed by atoms with Gasteiger partial charge in [0.05, 0.1) is 0 Å². The lowest BCUT2D eigenvalue weighted by Gasteiger charge is -2.15. The molecule has 0 bridgehead atoms. The van der Waals surface area contributed by atoms with Crippen molar-refractivity contribution in [2.24, 2.45) is 5.41 Å². The van der Waals surface area contributed by atoms with Crippen molar-refractivity contribution in [3.63, 3.8) is 0 Å². The quantitative estimate of drug-likeness (QED) is 0.491. The number of rotatable bonds is 1. The molecule has 1 aliphatic rings. The molecule has 1 unspecified atom stereocenters. The molecule has 0 nitrogen and oxygen atoms in total. The maximum absolute atomic E-state index is 2.31. The van der Waals surface area contributed by atoms with Crippen molar-refractivity contribution in [3.05, 3.63) is 0 Å². The Morgan fingerprint density at radius 1 is 1.50 bits per heavy atom. The van der Waals surface area contributed by atoms with E-state index in [9.17, 15) is 0 Å². The third kappa shape index (κ3) is 2.61. The highest BCUT2D eigenvalue weighted by molar-refractivity contribution is 8.06. The van der Waals surface area contributed by atoms with Crippen LogP contribution >= 0.6 is 11.8 Å². The van der Waals surface area contributed by atoms with Crippen molar-refractivity contribution in [2.45, 2.75) is 32.4 Å². The van der Waals surface area contributed by atoms with Crippen molar-refractivity contribution in [1.82, 2.24) is 0 Å². The summed E-state index contributed by atoms with van der Waals surface area (Å²) in [6.07, 6.45) is 1.40. The predicted molar refractivity (Wildman–Crippen MR) is 40.3 cm³/mol. The molecule has 1 heteroatoms. The molecular formula is C7H14S. The van der Waals surface area contributed by atoms with Crippen molar-refractivity contribution in [2.75, 3.05) is 5.75 Å². The minimum absolute atomic E-state index is 0.564. The van der Waals surface area contributed by atoms with Gasteiger partial charge in [-0.15, -0.1) is 0 Å². The second-order valence-corrected chi connectivity index (χ2v) is 5.05. The van der Waals surface area contributed by atoms with E-state index < -0.39 is 0 Å². The van der Waals surface area contributed by atoms with E-state index in [0.29, 0.717) is 5.41 Å². The highest BCUT2D eigenvalue weighted by Crippen LogP contribution is 2.39. The summed E-state index contributed by atoms with van der Waals surface area (Å²) >= 11 is 2.10. The van der Waals surface area contributed by atoms with E-state index >= 15 is 0 Å². The van der Waals surface area contributed by atoms with E-state index in [1.165, 1.54) is 12.2 Å². The molecule has 8 heavy (non-hydrogen) atoms. The van der Waals surface area contributed by atoms with Gasteiger partial charge in [0.1, 0.15) is 0 Å². The molecule has 1 heterocycles. The minimum Gasteiger partial charge on any atom is -0.157 e. The van der Waals surface area contributed by atoms with Gasteiger partial charge in [-0.2, -0.15) is 11.8 Å². The Balaban J connectivity index is 2.16. The monoisotopic (exact) mass is 130 g/mol. The van der Waals surface area contributed by atoms with Gasteiger partial charge in [-0.05, 0) is 11.8 Å². The lowest BCUT2D eigenvalue weighted by Crippen LogP contribution is -2.07. The zero-order valence-electron chi connectivity index (χ0n) is 5.90. The SMILES string of the molecule is CC(C)(C)CC1CS1. The number of thioether (sulfide) groups is 1. The first kappa shape index (κ1) is 6.47. The van der Waals surface area contributed by atoms with Crippen molar-refractivity contribution in [3.8, 4) is 0 Å². The van der Waals surface area contributed by atoms with Crippen LogP contribution in [-0.4, -0.2) is 11.0 Å². The highest BCUT2D eigenvalue weighted by Gasteiger charge is 2.27. The lowest BCUT2D eigenvalue weighted by molar-refractivity contribution is 0.387. The van der Waals surface area contributed by atoms with Gasteiger partial charge in [-0.3, -0.25) is 0 Å². The first-order chi connectivity index (χ1) is 3.58. The molecule has 0 amide bonds. The molecule has 1 rings (SSSR count). The Labute approximate surface area is 56.0 Å². The molecule has 0 aromatic heterocycles. The Morgan fingerprint density at radius 2 is 2.00 bits per heavy atom. The molecule has 1 atom stereocenters. The van der Waals surface area contributed by atoms with Crippen molar-refractivity contribution in [1.29, 1.82) is 0 Å². The number of hydrogen-bond acceptors (Lipinski definition) is 1. The molecule has 1 fully saturated rings. The van der Waals surface area contributed by atoms with E-state index in [2.05, 4.69) is 32.5 Å². The summed E-state index contributed by atoms with van der Waals surface area (Å²) in [7, 11) is 0. The summed E-state index contributed by atoms with van der Waals surface area (Å²) in [6, 6.07) is 0. The molecule has 0 aromatic carbocycles. The average molecular weight is 130 g/mol. The lowest BCUT2D eigenvalue weighted by atomic mass is 9.91. The normalized spacial score (nSPS) is 28.1. The third-order valence-corrected chi connectivity index (χ3v) is 2.21. The molecule has 1 aliphatic heterocycles. The second kappa shape index (κ2) is 1.94. The van der Waals surface area contributed by atoms with Gasteiger partial charge in [0, 0.05) is 11.0 Å². The summed E-state index contributed by atoms with van der Waals surface area (Å²) in [5, 5.41) is 1.01.